The monoisotopic (exact) mass is 588 g/mol. The SMILES string of the molecule is O=c1[nH]nc(-c2c(Cl)nc(CN3CCC(c4cccc(OCc5ccc(Cl)cc5F)n4)CC3)n2C[C@@H]2CCO2)o1. The number of piperidine rings is 1. The maximum atomic E-state index is 14.1. The number of ether oxygens (including phenoxy) is 2. The van der Waals surface area contributed by atoms with E-state index in [1.165, 1.54) is 6.07 Å². The number of hydrogen-bond acceptors (Lipinski definition) is 8. The Morgan fingerprint density at radius 3 is 2.65 bits per heavy atom. The molecule has 6 rings (SSSR count). The van der Waals surface area contributed by atoms with Crippen molar-refractivity contribution >= 4 is 23.2 Å². The second kappa shape index (κ2) is 11.7. The van der Waals surface area contributed by atoms with E-state index in [2.05, 4.69) is 20.1 Å². The van der Waals surface area contributed by atoms with Crippen LogP contribution in [0, 0.1) is 5.82 Å². The summed E-state index contributed by atoms with van der Waals surface area (Å²) in [4.78, 5) is 23.2. The third-order valence-electron chi connectivity index (χ3n) is 7.33. The molecule has 0 amide bonds. The highest BCUT2D eigenvalue weighted by atomic mass is 35.5. The fraction of sp³-hybridized carbons (Fsp3) is 0.407. The molecule has 0 saturated carbocycles. The summed E-state index contributed by atoms with van der Waals surface area (Å²) < 4.78 is 32.7. The Hall–Kier alpha value is -3.25. The van der Waals surface area contributed by atoms with Crippen LogP contribution in [-0.2, 0) is 24.4 Å². The molecule has 5 heterocycles. The highest BCUT2D eigenvalue weighted by molar-refractivity contribution is 6.31. The van der Waals surface area contributed by atoms with Crippen molar-refractivity contribution in [2.45, 2.75) is 51.0 Å². The first-order chi connectivity index (χ1) is 19.4. The number of H-pyrrole nitrogens is 1. The molecule has 2 aliphatic heterocycles. The standard InChI is InChI=1S/C27H27Cl2FN6O4/c28-18-5-4-17(20(30)12-18)15-39-23-3-1-2-21(31-23)16-6-9-35(10-7-16)14-22-32-25(29)24(26-33-34-27(37)40-26)36(22)13-19-8-11-38-19/h1-5,12,16,19H,6-11,13-15H2,(H,34,37)/t19-/m0/s1. The molecule has 40 heavy (non-hydrogen) atoms. The van der Waals surface area contributed by atoms with Crippen molar-refractivity contribution in [3.05, 3.63) is 80.0 Å². The topological polar surface area (TPSA) is 111 Å². The summed E-state index contributed by atoms with van der Waals surface area (Å²) in [6.07, 6.45) is 2.80. The minimum atomic E-state index is -0.650. The van der Waals surface area contributed by atoms with Gasteiger partial charge in [0.15, 0.2) is 5.15 Å². The summed E-state index contributed by atoms with van der Waals surface area (Å²) >= 11 is 12.3. The molecule has 0 aliphatic carbocycles. The van der Waals surface area contributed by atoms with E-state index in [1.54, 1.807) is 18.2 Å². The van der Waals surface area contributed by atoms with Crippen LogP contribution in [0.3, 0.4) is 0 Å². The van der Waals surface area contributed by atoms with E-state index < -0.39 is 11.6 Å². The Kier molecular flexibility index (Phi) is 7.88. The zero-order chi connectivity index (χ0) is 27.6. The smallest absolute Gasteiger partial charge is 0.434 e. The van der Waals surface area contributed by atoms with Crippen LogP contribution in [0.1, 0.15) is 42.3 Å². The number of aromatic nitrogens is 5. The molecule has 0 radical (unpaired) electrons. The molecule has 13 heteroatoms. The molecule has 1 N–H and O–H groups in total. The van der Waals surface area contributed by atoms with Gasteiger partial charge >= 0.3 is 5.76 Å². The number of pyridine rings is 1. The molecular formula is C27H27Cl2FN6O4. The Bertz CT molecular complexity index is 1540. The summed E-state index contributed by atoms with van der Waals surface area (Å²) in [6, 6.07) is 10.2. The zero-order valence-corrected chi connectivity index (χ0v) is 23.0. The first-order valence-electron chi connectivity index (χ1n) is 13.1. The number of halogens is 3. The Morgan fingerprint density at radius 1 is 1.12 bits per heavy atom. The normalized spacial score (nSPS) is 18.1. The van der Waals surface area contributed by atoms with Crippen LogP contribution < -0.4 is 10.5 Å². The fourth-order valence-electron chi connectivity index (χ4n) is 5.07. The second-order valence-corrected chi connectivity index (χ2v) is 10.7. The lowest BCUT2D eigenvalue weighted by atomic mass is 9.93. The van der Waals surface area contributed by atoms with Crippen molar-refractivity contribution in [1.82, 2.24) is 29.6 Å². The maximum Gasteiger partial charge on any atom is 0.434 e. The summed E-state index contributed by atoms with van der Waals surface area (Å²) in [5.74, 6) is 0.553. The second-order valence-electron chi connectivity index (χ2n) is 9.95. The van der Waals surface area contributed by atoms with E-state index in [-0.39, 0.29) is 29.7 Å². The molecule has 1 atom stereocenters. The summed E-state index contributed by atoms with van der Waals surface area (Å²) in [5, 5.41) is 6.83. The predicted molar refractivity (Wildman–Crippen MR) is 145 cm³/mol. The number of imidazole rings is 1. The predicted octanol–water partition coefficient (Wildman–Crippen LogP) is 4.81. The number of likely N-dealkylation sites (tertiary alicyclic amines) is 1. The maximum absolute atomic E-state index is 14.1. The van der Waals surface area contributed by atoms with Crippen molar-refractivity contribution < 1.29 is 18.3 Å². The van der Waals surface area contributed by atoms with Crippen molar-refractivity contribution in [1.29, 1.82) is 0 Å². The minimum Gasteiger partial charge on any atom is -0.473 e. The molecule has 3 aromatic heterocycles. The summed E-state index contributed by atoms with van der Waals surface area (Å²) in [6.45, 7) is 3.60. The van der Waals surface area contributed by atoms with Gasteiger partial charge in [-0.05, 0) is 50.6 Å². The van der Waals surface area contributed by atoms with Gasteiger partial charge in [-0.2, -0.15) is 0 Å². The van der Waals surface area contributed by atoms with Gasteiger partial charge in [-0.1, -0.05) is 35.3 Å². The Labute approximate surface area is 239 Å². The molecule has 4 aromatic rings. The highest BCUT2D eigenvalue weighted by Crippen LogP contribution is 2.32. The van der Waals surface area contributed by atoms with Gasteiger partial charge in [0.25, 0.3) is 5.89 Å². The number of benzene rings is 1. The van der Waals surface area contributed by atoms with E-state index in [4.69, 9.17) is 42.1 Å². The zero-order valence-electron chi connectivity index (χ0n) is 21.5. The molecular weight excluding hydrogens is 562 g/mol. The highest BCUT2D eigenvalue weighted by Gasteiger charge is 2.29. The van der Waals surface area contributed by atoms with Crippen LogP contribution >= 0.6 is 23.2 Å². The third kappa shape index (κ3) is 5.92. The molecule has 210 valence electrons. The van der Waals surface area contributed by atoms with Crippen molar-refractivity contribution in [2.75, 3.05) is 19.7 Å². The van der Waals surface area contributed by atoms with Crippen molar-refractivity contribution in [3.8, 4) is 17.5 Å². The summed E-state index contributed by atoms with van der Waals surface area (Å²) in [5.41, 5.74) is 1.85. The number of aromatic amines is 1. The Morgan fingerprint density at radius 2 is 1.95 bits per heavy atom. The van der Waals surface area contributed by atoms with Gasteiger partial charge in [0, 0.05) is 34.9 Å². The van der Waals surface area contributed by atoms with E-state index in [1.807, 2.05) is 16.7 Å². The lowest BCUT2D eigenvalue weighted by molar-refractivity contribution is -0.0596. The van der Waals surface area contributed by atoms with E-state index in [9.17, 15) is 9.18 Å². The van der Waals surface area contributed by atoms with Gasteiger partial charge in [0.1, 0.15) is 23.9 Å². The number of hydrogen-bond donors (Lipinski definition) is 1. The minimum absolute atomic E-state index is 0.0518. The molecule has 0 spiro atoms. The van der Waals surface area contributed by atoms with Crippen molar-refractivity contribution in [2.24, 2.45) is 0 Å². The van der Waals surface area contributed by atoms with Crippen molar-refractivity contribution in [3.63, 3.8) is 0 Å². The van der Waals surface area contributed by atoms with E-state index >= 15 is 0 Å². The Balaban J connectivity index is 1.10. The van der Waals surface area contributed by atoms with Crippen LogP contribution in [0.15, 0.2) is 45.6 Å². The van der Waals surface area contributed by atoms with Crippen LogP contribution in [0.4, 0.5) is 4.39 Å². The number of nitrogens with zero attached hydrogens (tertiary/aromatic N) is 5. The lowest BCUT2D eigenvalue weighted by Crippen LogP contribution is -2.35. The molecule has 0 bridgehead atoms. The van der Waals surface area contributed by atoms with Gasteiger partial charge in [-0.15, -0.1) is 5.10 Å². The summed E-state index contributed by atoms with van der Waals surface area (Å²) in [7, 11) is 0. The van der Waals surface area contributed by atoms with Crippen LogP contribution in [0.25, 0.3) is 11.6 Å². The van der Waals surface area contributed by atoms with Gasteiger partial charge in [-0.3, -0.25) is 4.90 Å². The lowest BCUT2D eigenvalue weighted by Gasteiger charge is -2.32. The quantitative estimate of drug-likeness (QED) is 0.296. The third-order valence-corrected chi connectivity index (χ3v) is 7.83. The molecule has 0 unspecified atom stereocenters. The molecule has 2 saturated heterocycles. The average molecular weight is 589 g/mol. The van der Waals surface area contributed by atoms with Crippen LogP contribution in [-0.4, -0.2) is 55.4 Å². The number of rotatable bonds is 9. The van der Waals surface area contributed by atoms with E-state index in [0.29, 0.717) is 35.2 Å². The average Bonchev–Trinajstić information content (AvgIpc) is 3.48. The van der Waals surface area contributed by atoms with E-state index in [0.717, 1.165) is 50.5 Å². The first kappa shape index (κ1) is 26.9. The number of nitrogens with one attached hydrogen (secondary N) is 1. The fourth-order valence-corrected chi connectivity index (χ4v) is 5.51. The largest absolute Gasteiger partial charge is 0.473 e. The molecule has 10 nitrogen and oxygen atoms in total. The van der Waals surface area contributed by atoms with Gasteiger partial charge in [0.2, 0.25) is 5.88 Å². The molecule has 2 fully saturated rings. The first-order valence-corrected chi connectivity index (χ1v) is 13.9. The van der Waals surface area contributed by atoms with Gasteiger partial charge in [0.05, 0.1) is 19.2 Å². The van der Waals surface area contributed by atoms with Gasteiger partial charge < -0.3 is 18.5 Å². The molecule has 1 aromatic carbocycles. The van der Waals surface area contributed by atoms with Gasteiger partial charge in [-0.25, -0.2) is 24.3 Å². The van der Waals surface area contributed by atoms with Crippen LogP contribution in [0.5, 0.6) is 5.88 Å². The molecule has 2 aliphatic rings. The van der Waals surface area contributed by atoms with Crippen LogP contribution in [0.2, 0.25) is 10.2 Å².